The largest absolute Gasteiger partial charge is 0.338 e. The smallest absolute Gasteiger partial charge is 0.325 e. The Kier molecular flexibility index (Phi) is 6.23. The highest BCUT2D eigenvalue weighted by Crippen LogP contribution is 2.39. The van der Waals surface area contributed by atoms with Crippen LogP contribution in [-0.4, -0.2) is 43.8 Å². The van der Waals surface area contributed by atoms with E-state index in [1.54, 1.807) is 16.9 Å². The Morgan fingerprint density at radius 2 is 2.16 bits per heavy atom. The van der Waals surface area contributed by atoms with E-state index in [-0.39, 0.29) is 22.7 Å². The monoisotopic (exact) mass is 503 g/mol. The molecule has 31 heavy (non-hydrogen) atoms. The van der Waals surface area contributed by atoms with Crippen LogP contribution in [0.3, 0.4) is 0 Å². The van der Waals surface area contributed by atoms with E-state index in [0.29, 0.717) is 25.0 Å². The van der Waals surface area contributed by atoms with Gasteiger partial charge in [-0.25, -0.2) is 9.69 Å². The number of urea groups is 1. The number of nitro benzene ring substituents is 1. The Morgan fingerprint density at radius 3 is 2.94 bits per heavy atom. The molecule has 0 spiro atoms. The van der Waals surface area contributed by atoms with Crippen LogP contribution in [0.1, 0.15) is 17.4 Å². The van der Waals surface area contributed by atoms with Crippen molar-refractivity contribution in [3.63, 3.8) is 0 Å². The molecule has 2 aromatic carbocycles. The number of amides is 3. The molecule has 3 amide bonds. The third-order valence-corrected chi connectivity index (χ3v) is 6.59. The first-order valence-electron chi connectivity index (χ1n) is 9.51. The van der Waals surface area contributed by atoms with Crippen molar-refractivity contribution in [3.8, 4) is 0 Å². The van der Waals surface area contributed by atoms with Crippen LogP contribution in [0.15, 0.2) is 53.1 Å². The highest BCUT2D eigenvalue weighted by molar-refractivity contribution is 9.10. The second-order valence-electron chi connectivity index (χ2n) is 6.94. The van der Waals surface area contributed by atoms with E-state index < -0.39 is 11.0 Å². The van der Waals surface area contributed by atoms with Crippen LogP contribution < -0.4 is 5.32 Å². The second kappa shape index (κ2) is 9.06. The summed E-state index contributed by atoms with van der Waals surface area (Å²) in [7, 11) is 0. The van der Waals surface area contributed by atoms with Crippen LogP contribution in [0, 0.1) is 10.1 Å². The lowest BCUT2D eigenvalue weighted by Gasteiger charge is -2.23. The quantitative estimate of drug-likeness (QED) is 0.308. The first-order valence-corrected chi connectivity index (χ1v) is 11.3. The Labute approximate surface area is 190 Å². The fourth-order valence-corrected chi connectivity index (χ4v) is 4.97. The molecule has 1 N–H and O–H groups in total. The summed E-state index contributed by atoms with van der Waals surface area (Å²) >= 11 is 4.84. The Morgan fingerprint density at radius 1 is 1.32 bits per heavy atom. The van der Waals surface area contributed by atoms with Gasteiger partial charge in [0.1, 0.15) is 5.37 Å². The molecule has 1 aliphatic rings. The molecule has 1 atom stereocenters. The average Bonchev–Trinajstić information content (AvgIpc) is 3.34. The SMILES string of the molecule is O=C1CSC(c2cccc(Br)c2)N1C(=O)NCCCn1ncc2ccc([N+](=O)[O-])cc21. The first kappa shape index (κ1) is 21.3. The number of non-ortho nitro benzene ring substituents is 1. The molecular weight excluding hydrogens is 486 g/mol. The molecule has 160 valence electrons. The van der Waals surface area contributed by atoms with Crippen molar-refractivity contribution >= 4 is 56.2 Å². The Bertz CT molecular complexity index is 1170. The maximum Gasteiger partial charge on any atom is 0.325 e. The summed E-state index contributed by atoms with van der Waals surface area (Å²) in [6.07, 6.45) is 2.21. The molecule has 0 radical (unpaired) electrons. The van der Waals surface area contributed by atoms with Crippen LogP contribution in [0.4, 0.5) is 10.5 Å². The molecule has 11 heteroatoms. The number of nitrogens with zero attached hydrogens (tertiary/aromatic N) is 4. The predicted octanol–water partition coefficient (Wildman–Crippen LogP) is 4.08. The number of thioether (sulfide) groups is 1. The summed E-state index contributed by atoms with van der Waals surface area (Å²) in [5, 5.41) is 18.5. The van der Waals surface area contributed by atoms with Crippen molar-refractivity contribution in [2.24, 2.45) is 0 Å². The van der Waals surface area contributed by atoms with Gasteiger partial charge in [0.15, 0.2) is 0 Å². The number of nitro groups is 1. The number of benzene rings is 2. The molecule has 1 aromatic heterocycles. The van der Waals surface area contributed by atoms with Crippen LogP contribution in [-0.2, 0) is 11.3 Å². The summed E-state index contributed by atoms with van der Waals surface area (Å²) in [6, 6.07) is 11.7. The van der Waals surface area contributed by atoms with Crippen LogP contribution in [0.5, 0.6) is 0 Å². The topological polar surface area (TPSA) is 110 Å². The third-order valence-electron chi connectivity index (χ3n) is 4.88. The fourth-order valence-electron chi connectivity index (χ4n) is 3.41. The fraction of sp³-hybridized carbons (Fsp3) is 0.250. The summed E-state index contributed by atoms with van der Waals surface area (Å²) in [5.74, 6) is 0.0284. The number of hydrogen-bond donors (Lipinski definition) is 1. The van der Waals surface area contributed by atoms with Gasteiger partial charge in [0.05, 0.1) is 22.4 Å². The van der Waals surface area contributed by atoms with Gasteiger partial charge in [-0.2, -0.15) is 5.10 Å². The summed E-state index contributed by atoms with van der Waals surface area (Å²) < 4.78 is 2.56. The van der Waals surface area contributed by atoms with E-state index in [9.17, 15) is 19.7 Å². The highest BCUT2D eigenvalue weighted by Gasteiger charge is 2.37. The van der Waals surface area contributed by atoms with Crippen molar-refractivity contribution in [2.45, 2.75) is 18.3 Å². The lowest BCUT2D eigenvalue weighted by Crippen LogP contribution is -2.42. The number of nitrogens with one attached hydrogen (secondary N) is 1. The van der Waals surface area contributed by atoms with Crippen LogP contribution in [0.25, 0.3) is 10.9 Å². The minimum atomic E-state index is -0.441. The molecule has 2 heterocycles. The van der Waals surface area contributed by atoms with E-state index in [0.717, 1.165) is 15.4 Å². The molecule has 0 bridgehead atoms. The van der Waals surface area contributed by atoms with Gasteiger partial charge in [-0.1, -0.05) is 28.1 Å². The van der Waals surface area contributed by atoms with E-state index in [2.05, 4.69) is 26.3 Å². The van der Waals surface area contributed by atoms with Crippen molar-refractivity contribution in [1.29, 1.82) is 0 Å². The number of aromatic nitrogens is 2. The summed E-state index contributed by atoms with van der Waals surface area (Å²) in [6.45, 7) is 0.817. The number of aryl methyl sites for hydroxylation is 1. The minimum absolute atomic E-state index is 0.00573. The van der Waals surface area contributed by atoms with Crippen molar-refractivity contribution in [1.82, 2.24) is 20.0 Å². The molecule has 1 saturated heterocycles. The van der Waals surface area contributed by atoms with Crippen LogP contribution >= 0.6 is 27.7 Å². The number of imide groups is 1. The van der Waals surface area contributed by atoms with E-state index in [1.165, 1.54) is 28.8 Å². The number of hydrogen-bond acceptors (Lipinski definition) is 6. The summed E-state index contributed by atoms with van der Waals surface area (Å²) in [4.78, 5) is 36.8. The maximum absolute atomic E-state index is 12.7. The molecule has 0 aliphatic carbocycles. The molecule has 9 nitrogen and oxygen atoms in total. The zero-order valence-electron chi connectivity index (χ0n) is 16.2. The van der Waals surface area contributed by atoms with Gasteiger partial charge in [0.25, 0.3) is 5.69 Å². The van der Waals surface area contributed by atoms with Gasteiger partial charge in [0.2, 0.25) is 5.91 Å². The average molecular weight is 504 g/mol. The van der Waals surface area contributed by atoms with Crippen LogP contribution in [0.2, 0.25) is 0 Å². The van der Waals surface area contributed by atoms with E-state index in [1.807, 2.05) is 24.3 Å². The van der Waals surface area contributed by atoms with Gasteiger partial charge in [0, 0.05) is 35.1 Å². The second-order valence-corrected chi connectivity index (χ2v) is 8.92. The van der Waals surface area contributed by atoms with Crippen molar-refractivity contribution in [2.75, 3.05) is 12.3 Å². The van der Waals surface area contributed by atoms with Gasteiger partial charge >= 0.3 is 6.03 Å². The third kappa shape index (κ3) is 4.57. The molecule has 1 unspecified atom stereocenters. The predicted molar refractivity (Wildman–Crippen MR) is 121 cm³/mol. The van der Waals surface area contributed by atoms with E-state index >= 15 is 0 Å². The molecule has 1 aliphatic heterocycles. The van der Waals surface area contributed by atoms with Gasteiger partial charge in [-0.05, 0) is 30.2 Å². The zero-order chi connectivity index (χ0) is 22.0. The molecule has 0 saturated carbocycles. The van der Waals surface area contributed by atoms with Crippen molar-refractivity contribution in [3.05, 3.63) is 68.8 Å². The van der Waals surface area contributed by atoms with Gasteiger partial charge in [-0.3, -0.25) is 19.6 Å². The molecule has 1 fully saturated rings. The number of rotatable bonds is 6. The molecule has 4 rings (SSSR count). The van der Waals surface area contributed by atoms with Gasteiger partial charge < -0.3 is 5.32 Å². The number of carbonyl (C=O) groups is 2. The number of fused-ring (bicyclic) bond motifs is 1. The standard InChI is InChI=1S/C20H18BrN5O4S/c21-15-4-1-3-13(9-15)19-25(18(27)12-31-19)20(28)22-7-2-8-24-17-10-16(26(29)30)6-5-14(17)11-23-24/h1,3-6,9-11,19H,2,7-8,12H2,(H,22,28). The number of carbonyl (C=O) groups excluding carboxylic acids is 2. The lowest BCUT2D eigenvalue weighted by atomic mass is 10.2. The molecular formula is C20H18BrN5O4S. The summed E-state index contributed by atoms with van der Waals surface area (Å²) in [5.41, 5.74) is 1.55. The van der Waals surface area contributed by atoms with Crippen molar-refractivity contribution < 1.29 is 14.5 Å². The Balaban J connectivity index is 1.37. The van der Waals surface area contributed by atoms with E-state index in [4.69, 9.17) is 0 Å². The lowest BCUT2D eigenvalue weighted by molar-refractivity contribution is -0.384. The first-order chi connectivity index (χ1) is 14.9. The maximum atomic E-state index is 12.7. The zero-order valence-corrected chi connectivity index (χ0v) is 18.6. The van der Waals surface area contributed by atoms with Gasteiger partial charge in [-0.15, -0.1) is 11.8 Å². The molecule has 3 aromatic rings. The normalized spacial score (nSPS) is 16.1. The highest BCUT2D eigenvalue weighted by atomic mass is 79.9. The Hall–Kier alpha value is -2.92. The minimum Gasteiger partial charge on any atom is -0.338 e. The number of halogens is 1.